The van der Waals surface area contributed by atoms with E-state index in [0.29, 0.717) is 24.0 Å². The lowest BCUT2D eigenvalue weighted by molar-refractivity contribution is -0.190. The first kappa shape index (κ1) is 36.2. The average molecular weight is 631 g/mol. The van der Waals surface area contributed by atoms with E-state index in [2.05, 4.69) is 24.5 Å². The van der Waals surface area contributed by atoms with E-state index in [1.807, 2.05) is 0 Å². The highest BCUT2D eigenvalue weighted by Gasteiger charge is 2.52. The van der Waals surface area contributed by atoms with Crippen LogP contribution >= 0.6 is 0 Å². The van der Waals surface area contributed by atoms with Crippen molar-refractivity contribution in [2.45, 2.75) is 102 Å². The summed E-state index contributed by atoms with van der Waals surface area (Å²) in [5.41, 5.74) is 1.57. The zero-order chi connectivity index (χ0) is 32.5. The molecule has 11 heteroatoms. The molecule has 4 N–H and O–H groups in total. The molecule has 0 bridgehead atoms. The molecule has 0 unspecified atom stereocenters. The lowest BCUT2D eigenvalue weighted by Gasteiger charge is -2.31. The Balaban J connectivity index is 1.77. The van der Waals surface area contributed by atoms with E-state index in [1.54, 1.807) is 36.4 Å². The molecular weight excluding hydrogens is 580 g/mol. The van der Waals surface area contributed by atoms with Crippen molar-refractivity contribution in [3.8, 4) is 0 Å². The zero-order valence-electron chi connectivity index (χ0n) is 26.6. The van der Waals surface area contributed by atoms with Gasteiger partial charge in [-0.05, 0) is 42.7 Å². The quantitative estimate of drug-likeness (QED) is 0.0958. The lowest BCUT2D eigenvalue weighted by atomic mass is 9.91. The van der Waals surface area contributed by atoms with E-state index < -0.39 is 30.1 Å². The maximum atomic E-state index is 13.3. The average Bonchev–Trinajstić information content (AvgIpc) is 3.41. The number of amides is 2. The van der Waals surface area contributed by atoms with Crippen molar-refractivity contribution in [3.05, 3.63) is 53.3 Å². The minimum Gasteiger partial charge on any atom is -0.499 e. The molecule has 0 saturated carbocycles. The smallest absolute Gasteiger partial charge is 0.338 e. The monoisotopic (exact) mass is 630 g/mol. The van der Waals surface area contributed by atoms with Gasteiger partial charge < -0.3 is 39.8 Å². The molecule has 0 spiro atoms. The maximum absolute atomic E-state index is 13.3. The molecule has 1 aliphatic carbocycles. The summed E-state index contributed by atoms with van der Waals surface area (Å²) >= 11 is 0. The summed E-state index contributed by atoms with van der Waals surface area (Å²) in [5.74, 6) is -1.98. The van der Waals surface area contributed by atoms with Gasteiger partial charge in [-0.2, -0.15) is 0 Å². The Morgan fingerprint density at radius 3 is 2.31 bits per heavy atom. The number of hydrogen-bond donors (Lipinski definition) is 4. The van der Waals surface area contributed by atoms with Gasteiger partial charge in [-0.3, -0.25) is 9.59 Å². The molecule has 2 aliphatic rings. The van der Waals surface area contributed by atoms with Crippen LogP contribution in [0.4, 0.5) is 0 Å². The van der Waals surface area contributed by atoms with Crippen molar-refractivity contribution >= 4 is 23.9 Å². The van der Waals surface area contributed by atoms with Crippen LogP contribution in [-0.2, 0) is 28.5 Å². The van der Waals surface area contributed by atoms with E-state index in [-0.39, 0.29) is 57.6 Å². The fourth-order valence-electron chi connectivity index (χ4n) is 5.47. The number of carbonyl (C=O) groups excluding carboxylic acids is 3. The fourth-order valence-corrected chi connectivity index (χ4v) is 5.47. The van der Waals surface area contributed by atoms with Crippen LogP contribution in [-0.4, -0.2) is 85.0 Å². The second-order valence-electron chi connectivity index (χ2n) is 11.4. The minimum absolute atomic E-state index is 0.0693. The van der Waals surface area contributed by atoms with Gasteiger partial charge in [-0.15, -0.1) is 0 Å². The number of rotatable bonds is 20. The van der Waals surface area contributed by atoms with Crippen molar-refractivity contribution in [1.82, 2.24) is 10.6 Å². The Bertz CT molecular complexity index is 1120. The summed E-state index contributed by atoms with van der Waals surface area (Å²) in [6.07, 6.45) is 10.8. The van der Waals surface area contributed by atoms with Crippen molar-refractivity contribution < 1.29 is 43.5 Å². The third-order valence-corrected chi connectivity index (χ3v) is 7.83. The number of nitrogens with one attached hydrogen (secondary N) is 2. The summed E-state index contributed by atoms with van der Waals surface area (Å²) < 4.78 is 24.5. The van der Waals surface area contributed by atoms with Gasteiger partial charge in [0, 0.05) is 44.3 Å². The second-order valence-corrected chi connectivity index (χ2v) is 11.4. The Kier molecular flexibility index (Phi) is 15.5. The summed E-state index contributed by atoms with van der Waals surface area (Å²) in [6, 6.07) is 6.84. The third-order valence-electron chi connectivity index (χ3n) is 7.83. The van der Waals surface area contributed by atoms with Crippen molar-refractivity contribution in [1.29, 1.82) is 0 Å². The van der Waals surface area contributed by atoms with Gasteiger partial charge in [0.2, 0.25) is 11.8 Å². The van der Waals surface area contributed by atoms with E-state index >= 15 is 0 Å². The van der Waals surface area contributed by atoms with Gasteiger partial charge in [-0.1, -0.05) is 51.7 Å². The van der Waals surface area contributed by atoms with Crippen LogP contribution in [0.3, 0.4) is 0 Å². The Morgan fingerprint density at radius 2 is 1.67 bits per heavy atom. The minimum atomic E-state index is -0.816. The maximum Gasteiger partial charge on any atom is 0.338 e. The highest BCUT2D eigenvalue weighted by Crippen LogP contribution is 2.43. The van der Waals surface area contributed by atoms with Gasteiger partial charge in [0.05, 0.1) is 25.0 Å². The molecule has 0 aromatic heterocycles. The standard InChI is InChI=1S/C34H50N2O9/c1-3-5-7-15-34(16-8-6-4-2)44-29-24-27(32(40)36-17-13-30(39)35-18-19-37)23-28(31(29)45-34)43-33(41)26-11-9-25(10-12-26)14-21-42-22-20-38/h9-12,14,21,24,28-29,31,37-38H,3-8,13,15-20,22-23H2,1-2H3,(H,35,39)(H,36,40)/t28-,29-,31+/m1/s1. The summed E-state index contributed by atoms with van der Waals surface area (Å²) in [6.45, 7) is 4.53. The largest absolute Gasteiger partial charge is 0.499 e. The molecule has 0 radical (unpaired) electrons. The predicted octanol–water partition coefficient (Wildman–Crippen LogP) is 3.78. The number of esters is 1. The first-order chi connectivity index (χ1) is 21.8. The SMILES string of the molecule is CCCCCC1(CCCCC)O[C@@H]2[C@@H](C=C(C(=O)NCCC(=O)NCCO)C[C@H]2OC(=O)c2ccc(C=COCCO)cc2)O1. The summed E-state index contributed by atoms with van der Waals surface area (Å²) in [4.78, 5) is 38.4. The van der Waals surface area contributed by atoms with Crippen molar-refractivity contribution in [2.24, 2.45) is 0 Å². The van der Waals surface area contributed by atoms with Crippen LogP contribution in [0.25, 0.3) is 6.08 Å². The Labute approximate surface area is 266 Å². The molecular formula is C34H50N2O9. The van der Waals surface area contributed by atoms with Crippen LogP contribution < -0.4 is 10.6 Å². The number of ether oxygens (including phenoxy) is 4. The third kappa shape index (κ3) is 11.6. The highest BCUT2D eigenvalue weighted by molar-refractivity contribution is 5.94. The molecule has 1 aliphatic heterocycles. The molecule has 2 amide bonds. The molecule has 1 heterocycles. The molecule has 1 aromatic rings. The van der Waals surface area contributed by atoms with E-state index in [4.69, 9.17) is 29.2 Å². The number of carbonyl (C=O) groups is 3. The molecule has 45 heavy (non-hydrogen) atoms. The molecule has 11 nitrogen and oxygen atoms in total. The second kappa shape index (κ2) is 19.3. The number of aliphatic hydroxyl groups excluding tert-OH is 2. The van der Waals surface area contributed by atoms with Crippen LogP contribution in [0.15, 0.2) is 42.2 Å². The van der Waals surface area contributed by atoms with E-state index in [0.717, 1.165) is 44.1 Å². The Morgan fingerprint density at radius 1 is 0.956 bits per heavy atom. The first-order valence-electron chi connectivity index (χ1n) is 16.3. The normalized spacial score (nSPS) is 20.4. The van der Waals surface area contributed by atoms with Gasteiger partial charge >= 0.3 is 5.97 Å². The number of aliphatic hydroxyl groups is 2. The van der Waals surface area contributed by atoms with E-state index in [9.17, 15) is 14.4 Å². The molecule has 1 aromatic carbocycles. The number of hydrogen-bond acceptors (Lipinski definition) is 9. The van der Waals surface area contributed by atoms with Gasteiger partial charge in [0.1, 0.15) is 24.9 Å². The topological polar surface area (TPSA) is 153 Å². The highest BCUT2D eigenvalue weighted by atomic mass is 16.8. The van der Waals surface area contributed by atoms with Gasteiger partial charge in [0.25, 0.3) is 0 Å². The van der Waals surface area contributed by atoms with E-state index in [1.165, 1.54) is 6.26 Å². The fraction of sp³-hybridized carbons (Fsp3) is 0.618. The molecule has 250 valence electrons. The lowest BCUT2D eigenvalue weighted by Crippen LogP contribution is -2.44. The number of fused-ring (bicyclic) bond motifs is 1. The molecule has 1 saturated heterocycles. The first-order valence-corrected chi connectivity index (χ1v) is 16.3. The Hall–Kier alpha value is -3.25. The predicted molar refractivity (Wildman–Crippen MR) is 169 cm³/mol. The van der Waals surface area contributed by atoms with Gasteiger partial charge in [-0.25, -0.2) is 4.79 Å². The zero-order valence-corrected chi connectivity index (χ0v) is 26.6. The summed E-state index contributed by atoms with van der Waals surface area (Å²) in [7, 11) is 0. The molecule has 3 rings (SSSR count). The van der Waals surface area contributed by atoms with Crippen LogP contribution in [0.1, 0.15) is 94.0 Å². The van der Waals surface area contributed by atoms with Crippen LogP contribution in [0, 0.1) is 0 Å². The molecule has 3 atom stereocenters. The van der Waals surface area contributed by atoms with Crippen LogP contribution in [0.5, 0.6) is 0 Å². The van der Waals surface area contributed by atoms with Crippen LogP contribution in [0.2, 0.25) is 0 Å². The van der Waals surface area contributed by atoms with Gasteiger partial charge in [0.15, 0.2) is 5.79 Å². The number of benzene rings is 1. The van der Waals surface area contributed by atoms with Crippen molar-refractivity contribution in [3.63, 3.8) is 0 Å². The summed E-state index contributed by atoms with van der Waals surface area (Å²) in [5, 5.41) is 23.1. The number of unbranched alkanes of at least 4 members (excludes halogenated alkanes) is 4. The van der Waals surface area contributed by atoms with Crippen molar-refractivity contribution in [2.75, 3.05) is 32.9 Å². The molecule has 1 fully saturated rings.